The van der Waals surface area contributed by atoms with E-state index in [0.29, 0.717) is 25.7 Å². The minimum absolute atomic E-state index is 0.170. The number of amides is 2. The maximum absolute atomic E-state index is 13.8. The number of fused-ring (bicyclic) bond motifs is 2. The van der Waals surface area contributed by atoms with Crippen molar-refractivity contribution in [1.82, 2.24) is 0 Å². The Morgan fingerprint density at radius 3 is 1.26 bits per heavy atom. The number of nitrogens with one attached hydrogen (secondary N) is 2. The van der Waals surface area contributed by atoms with Gasteiger partial charge in [0.25, 0.3) is 11.8 Å². The molecule has 2 N–H and O–H groups in total. The molecule has 0 saturated heterocycles. The number of carbonyl (C=O) groups excluding carboxylic acids is 6. The third-order valence-electron chi connectivity index (χ3n) is 7.17. The predicted molar refractivity (Wildman–Crippen MR) is 162 cm³/mol. The highest BCUT2D eigenvalue weighted by molar-refractivity contribution is 7.17. The molecule has 2 aliphatic rings. The first kappa shape index (κ1) is 34.1. The Bertz CT molecular complexity index is 1560. The van der Waals surface area contributed by atoms with Gasteiger partial charge in [-0.05, 0) is 49.7 Å². The van der Waals surface area contributed by atoms with Crippen LogP contribution in [0.1, 0.15) is 72.5 Å². The number of rotatable bonds is 11. The topological polar surface area (TPSA) is 211 Å². The quantitative estimate of drug-likeness (QED) is 0.261. The third-order valence-corrected chi connectivity index (χ3v) is 9.58. The average Bonchev–Trinajstić information content (AvgIpc) is 3.73. The van der Waals surface area contributed by atoms with Crippen molar-refractivity contribution >= 4 is 68.4 Å². The van der Waals surface area contributed by atoms with E-state index in [1.165, 1.54) is 22.7 Å². The Hall–Kier alpha value is -4.80. The van der Waals surface area contributed by atoms with Crippen molar-refractivity contribution in [3.05, 3.63) is 32.0 Å². The lowest BCUT2D eigenvalue weighted by Crippen LogP contribution is -2.57. The lowest BCUT2D eigenvalue weighted by molar-refractivity contribution is -0.198. The molecule has 0 aliphatic heterocycles. The zero-order valence-electron chi connectivity index (χ0n) is 25.3. The van der Waals surface area contributed by atoms with Crippen LogP contribution in [0.3, 0.4) is 0 Å². The van der Waals surface area contributed by atoms with Gasteiger partial charge < -0.3 is 29.6 Å². The zero-order valence-corrected chi connectivity index (χ0v) is 27.0. The lowest BCUT2D eigenvalue weighted by Gasteiger charge is -2.34. The molecule has 0 radical (unpaired) electrons. The first-order valence-electron chi connectivity index (χ1n) is 14.2. The normalized spacial score (nSPS) is 15.4. The van der Waals surface area contributed by atoms with Gasteiger partial charge in [0.1, 0.15) is 22.1 Å². The molecular weight excluding hydrogens is 640 g/mol. The molecule has 2 aromatic rings. The van der Waals surface area contributed by atoms with Gasteiger partial charge in [0.15, 0.2) is 12.2 Å². The monoisotopic (exact) mass is 670 g/mol. The average molecular weight is 671 g/mol. The van der Waals surface area contributed by atoms with Crippen molar-refractivity contribution in [1.29, 1.82) is 10.5 Å². The summed E-state index contributed by atoms with van der Waals surface area (Å²) in [5.74, 6) is -6.20. The smallest absolute Gasteiger partial charge is 0.303 e. The summed E-state index contributed by atoms with van der Waals surface area (Å²) in [6.07, 6.45) is -3.76. The van der Waals surface area contributed by atoms with Crippen LogP contribution in [0.4, 0.5) is 10.0 Å². The summed E-state index contributed by atoms with van der Waals surface area (Å²) < 4.78 is 21.3. The molecule has 46 heavy (non-hydrogen) atoms. The van der Waals surface area contributed by atoms with E-state index in [0.717, 1.165) is 61.4 Å². The Kier molecular flexibility index (Phi) is 10.8. The van der Waals surface area contributed by atoms with Gasteiger partial charge >= 0.3 is 23.9 Å². The van der Waals surface area contributed by atoms with Crippen LogP contribution < -0.4 is 10.6 Å². The van der Waals surface area contributed by atoms with Crippen LogP contribution in [-0.2, 0) is 73.4 Å². The van der Waals surface area contributed by atoms with Gasteiger partial charge in [-0.15, -0.1) is 22.7 Å². The molecule has 0 spiro atoms. The number of ether oxygens (including phenoxy) is 4. The van der Waals surface area contributed by atoms with Crippen molar-refractivity contribution < 1.29 is 47.7 Å². The molecule has 2 aliphatic carbocycles. The van der Waals surface area contributed by atoms with E-state index in [1.807, 2.05) is 0 Å². The first-order valence-corrected chi connectivity index (χ1v) is 15.9. The number of hydrogen-bond acceptors (Lipinski definition) is 14. The molecule has 2 aromatic heterocycles. The van der Waals surface area contributed by atoms with Crippen molar-refractivity contribution in [2.45, 2.75) is 90.6 Å². The van der Waals surface area contributed by atoms with Gasteiger partial charge in [-0.3, -0.25) is 28.8 Å². The molecule has 0 aromatic carbocycles. The van der Waals surface area contributed by atoms with Gasteiger partial charge in [-0.1, -0.05) is 0 Å². The molecule has 242 valence electrons. The summed E-state index contributed by atoms with van der Waals surface area (Å²) in [5.41, 5.74) is 2.07. The Morgan fingerprint density at radius 2 is 0.957 bits per heavy atom. The van der Waals surface area contributed by atoms with Crippen molar-refractivity contribution in [2.75, 3.05) is 10.6 Å². The van der Waals surface area contributed by atoms with Crippen molar-refractivity contribution in [3.8, 4) is 12.1 Å². The van der Waals surface area contributed by atoms with Gasteiger partial charge in [-0.25, -0.2) is 0 Å². The molecule has 4 rings (SSSR count). The highest BCUT2D eigenvalue weighted by atomic mass is 32.1. The van der Waals surface area contributed by atoms with E-state index in [9.17, 15) is 39.3 Å². The fourth-order valence-electron chi connectivity index (χ4n) is 5.47. The number of thiophene rings is 2. The highest BCUT2D eigenvalue weighted by Gasteiger charge is 2.49. The molecule has 0 bridgehead atoms. The summed E-state index contributed by atoms with van der Waals surface area (Å²) >= 11 is 2.34. The minimum Gasteiger partial charge on any atom is -0.454 e. The standard InChI is InChI=1S/C30H30N4O10S2/c1-13(35)41-23(25(43-15(3)37)27(39)33-29-19(11-31)17-7-5-9-21(17)45-29)24(42-14(2)36)26(44-16(4)38)28(40)34-30-20(12-32)18-8-6-10-22(18)46-30/h23-26H,5-10H2,1-4H3,(H,33,39)(H,34,40). The Morgan fingerprint density at radius 1 is 0.609 bits per heavy atom. The maximum atomic E-state index is 13.8. The Labute approximate surface area is 271 Å². The number of nitriles is 2. The van der Waals surface area contributed by atoms with Gasteiger partial charge in [0.2, 0.25) is 12.2 Å². The Balaban J connectivity index is 1.75. The van der Waals surface area contributed by atoms with Gasteiger partial charge in [0, 0.05) is 37.4 Å². The van der Waals surface area contributed by atoms with Crippen molar-refractivity contribution in [2.24, 2.45) is 0 Å². The molecular formula is C30H30N4O10S2. The molecule has 0 fully saturated rings. The SMILES string of the molecule is CC(=O)OC(C(=O)Nc1sc2c(c1C#N)CCC2)C(OC(C)=O)C(OC(C)=O)C(OC(C)=O)C(=O)Nc1sc2c(c1C#N)CCC2. The number of hydrogen-bond donors (Lipinski definition) is 2. The van der Waals surface area contributed by atoms with E-state index in [4.69, 9.17) is 18.9 Å². The number of aryl methyl sites for hydroxylation is 2. The highest BCUT2D eigenvalue weighted by Crippen LogP contribution is 2.40. The number of nitrogens with zero attached hydrogens (tertiary/aromatic N) is 2. The molecule has 4 atom stereocenters. The fourth-order valence-corrected chi connectivity index (χ4v) is 7.96. The van der Waals surface area contributed by atoms with Gasteiger partial charge in [-0.2, -0.15) is 10.5 Å². The number of anilines is 2. The van der Waals surface area contributed by atoms with Crippen LogP contribution in [0.2, 0.25) is 0 Å². The van der Waals surface area contributed by atoms with Crippen LogP contribution in [0, 0.1) is 22.7 Å². The third kappa shape index (κ3) is 7.52. The zero-order chi connectivity index (χ0) is 33.7. The van der Waals surface area contributed by atoms with Crippen LogP contribution >= 0.6 is 22.7 Å². The number of esters is 4. The second-order valence-electron chi connectivity index (χ2n) is 10.5. The lowest BCUT2D eigenvalue weighted by atomic mass is 10.00. The first-order chi connectivity index (χ1) is 21.8. The summed E-state index contributed by atoms with van der Waals surface area (Å²) in [6, 6.07) is 4.15. The van der Waals surface area contributed by atoms with Crippen molar-refractivity contribution in [3.63, 3.8) is 0 Å². The van der Waals surface area contributed by atoms with E-state index in [-0.39, 0.29) is 21.1 Å². The van der Waals surface area contributed by atoms with E-state index in [1.54, 1.807) is 0 Å². The molecule has 16 heteroatoms. The summed E-state index contributed by atoms with van der Waals surface area (Å²) in [5, 5.41) is 25.0. The minimum atomic E-state index is -2.06. The summed E-state index contributed by atoms with van der Waals surface area (Å²) in [4.78, 5) is 78.6. The maximum Gasteiger partial charge on any atom is 0.303 e. The van der Waals surface area contributed by atoms with Crippen LogP contribution in [0.5, 0.6) is 0 Å². The summed E-state index contributed by atoms with van der Waals surface area (Å²) in [6.45, 7) is 3.88. The summed E-state index contributed by atoms with van der Waals surface area (Å²) in [7, 11) is 0. The van der Waals surface area contributed by atoms with E-state index < -0.39 is 60.1 Å². The molecule has 2 heterocycles. The fraction of sp³-hybridized carbons (Fsp3) is 0.467. The molecule has 0 saturated carbocycles. The van der Waals surface area contributed by atoms with E-state index in [2.05, 4.69) is 22.8 Å². The number of carbonyl (C=O) groups is 6. The van der Waals surface area contributed by atoms with Crippen LogP contribution in [-0.4, -0.2) is 60.1 Å². The second kappa shape index (κ2) is 14.5. The van der Waals surface area contributed by atoms with Gasteiger partial charge in [0.05, 0.1) is 11.1 Å². The molecule has 2 amide bonds. The molecule has 14 nitrogen and oxygen atoms in total. The predicted octanol–water partition coefficient (Wildman–Crippen LogP) is 2.83. The van der Waals surface area contributed by atoms with E-state index >= 15 is 0 Å². The largest absolute Gasteiger partial charge is 0.454 e. The second-order valence-corrected chi connectivity index (χ2v) is 12.7. The molecule has 4 unspecified atom stereocenters. The van der Waals surface area contributed by atoms with Crippen LogP contribution in [0.25, 0.3) is 0 Å². The van der Waals surface area contributed by atoms with Crippen LogP contribution in [0.15, 0.2) is 0 Å².